The lowest BCUT2D eigenvalue weighted by Gasteiger charge is -2.30. The number of benzene rings is 2. The van der Waals surface area contributed by atoms with Gasteiger partial charge >= 0.3 is 0 Å². The Morgan fingerprint density at radius 3 is 2.76 bits per heavy atom. The Labute approximate surface area is 208 Å². The molecule has 1 saturated heterocycles. The number of ketones is 1. The van der Waals surface area contributed by atoms with Gasteiger partial charge in [-0.1, -0.05) is 0 Å². The molecule has 5 nitrogen and oxygen atoms in total. The summed E-state index contributed by atoms with van der Waals surface area (Å²) in [7, 11) is 0. The molecule has 3 aromatic rings. The summed E-state index contributed by atoms with van der Waals surface area (Å²) < 4.78 is 5.34. The SMILES string of the molecule is Cc1cc2c(cc1C(I)(I)I)C(=O)[C@]1(O)CCN(c3ccc4ccoc4c3)C1=N2. The molecule has 5 rings (SSSR count). The van der Waals surface area contributed by atoms with Gasteiger partial charge in [-0.2, -0.15) is 0 Å². The summed E-state index contributed by atoms with van der Waals surface area (Å²) in [6.07, 6.45) is 1.97. The van der Waals surface area contributed by atoms with Gasteiger partial charge in [-0.15, -0.1) is 0 Å². The van der Waals surface area contributed by atoms with Gasteiger partial charge in [0, 0.05) is 35.7 Å². The first-order valence-electron chi connectivity index (χ1n) is 9.01. The van der Waals surface area contributed by atoms with E-state index in [1.807, 2.05) is 48.2 Å². The molecule has 1 fully saturated rings. The number of anilines is 1. The molecule has 1 N–H and O–H groups in total. The fourth-order valence-electron chi connectivity index (χ4n) is 4.05. The maximum Gasteiger partial charge on any atom is 0.204 e. The van der Waals surface area contributed by atoms with Crippen LogP contribution >= 0.6 is 67.8 Å². The van der Waals surface area contributed by atoms with Crippen molar-refractivity contribution in [1.29, 1.82) is 0 Å². The number of aliphatic imine (C=N–C) groups is 1. The zero-order chi connectivity index (χ0) is 20.6. The Bertz CT molecular complexity index is 1210. The zero-order valence-electron chi connectivity index (χ0n) is 15.2. The fraction of sp³-hybridized carbons (Fsp3) is 0.238. The molecule has 2 aromatic carbocycles. The van der Waals surface area contributed by atoms with Crippen LogP contribution in [0.2, 0.25) is 0 Å². The van der Waals surface area contributed by atoms with E-state index in [0.717, 1.165) is 27.8 Å². The van der Waals surface area contributed by atoms with Crippen molar-refractivity contribution in [3.8, 4) is 0 Å². The summed E-state index contributed by atoms with van der Waals surface area (Å²) in [5.41, 5.74) is 3.28. The maximum atomic E-state index is 13.4. The van der Waals surface area contributed by atoms with Gasteiger partial charge in [-0.3, -0.25) is 4.79 Å². The van der Waals surface area contributed by atoms with Crippen LogP contribution in [0, 0.1) is 6.92 Å². The van der Waals surface area contributed by atoms with Crippen LogP contribution in [-0.2, 0) is -0.565 Å². The number of carbonyl (C=O) groups is 1. The van der Waals surface area contributed by atoms with Gasteiger partial charge in [-0.05, 0) is 116 Å². The molecule has 0 spiro atoms. The van der Waals surface area contributed by atoms with E-state index in [1.54, 1.807) is 6.26 Å². The van der Waals surface area contributed by atoms with Crippen molar-refractivity contribution in [2.24, 2.45) is 4.99 Å². The van der Waals surface area contributed by atoms with E-state index in [9.17, 15) is 9.90 Å². The number of aryl methyl sites for hydroxylation is 1. The number of Topliss-reactive ketones (excluding diaryl/α,β-unsaturated/α-hetero) is 1. The van der Waals surface area contributed by atoms with Crippen molar-refractivity contribution >= 4 is 102 Å². The minimum absolute atomic E-state index is 0.181. The van der Waals surface area contributed by atoms with Crippen LogP contribution in [-0.4, -0.2) is 28.9 Å². The Balaban J connectivity index is 1.66. The standard InChI is InChI=1S/C21H15I3N2O3/c1-11-8-16-14(10-15(11)21(22,23)24)18(27)20(28)5-6-26(19(20)25-16)13-3-2-12-4-7-29-17(12)9-13/h2-4,7-10,28H,5-6H2,1H3/t20-/m1/s1. The van der Waals surface area contributed by atoms with Crippen molar-refractivity contribution in [3.63, 3.8) is 0 Å². The summed E-state index contributed by atoms with van der Waals surface area (Å²) in [6, 6.07) is 11.6. The van der Waals surface area contributed by atoms with Gasteiger partial charge in [0.25, 0.3) is 0 Å². The molecular formula is C21H15I3N2O3. The number of hydrogen-bond acceptors (Lipinski definition) is 5. The molecule has 148 valence electrons. The Morgan fingerprint density at radius 1 is 1.21 bits per heavy atom. The molecule has 1 atom stereocenters. The van der Waals surface area contributed by atoms with E-state index in [0.29, 0.717) is 30.1 Å². The fourth-order valence-corrected chi connectivity index (χ4v) is 5.80. The molecule has 29 heavy (non-hydrogen) atoms. The van der Waals surface area contributed by atoms with E-state index in [1.165, 1.54) is 0 Å². The largest absolute Gasteiger partial charge is 0.464 e. The number of carbonyl (C=O) groups excluding carboxylic acids is 1. The second-order valence-corrected chi connectivity index (χ2v) is 18.4. The van der Waals surface area contributed by atoms with Gasteiger partial charge in [0.05, 0.1) is 12.0 Å². The van der Waals surface area contributed by atoms with Crippen LogP contribution in [0.1, 0.15) is 27.9 Å². The lowest BCUT2D eigenvalue weighted by molar-refractivity contribution is 0.0602. The van der Waals surface area contributed by atoms with Crippen molar-refractivity contribution < 1.29 is 14.3 Å². The van der Waals surface area contributed by atoms with Crippen LogP contribution in [0.4, 0.5) is 11.4 Å². The average Bonchev–Trinajstić information content (AvgIpc) is 3.25. The highest BCUT2D eigenvalue weighted by Crippen LogP contribution is 2.50. The van der Waals surface area contributed by atoms with Crippen molar-refractivity contribution in [2.75, 3.05) is 11.4 Å². The van der Waals surface area contributed by atoms with Gasteiger partial charge in [0.1, 0.15) is 10.9 Å². The lowest BCUT2D eigenvalue weighted by Crippen LogP contribution is -2.48. The summed E-state index contributed by atoms with van der Waals surface area (Å²) in [6.45, 7) is 2.55. The Kier molecular flexibility index (Phi) is 4.80. The van der Waals surface area contributed by atoms with Gasteiger partial charge in [-0.25, -0.2) is 4.99 Å². The van der Waals surface area contributed by atoms with Crippen molar-refractivity contribution in [3.05, 3.63) is 59.4 Å². The molecule has 8 heteroatoms. The van der Waals surface area contributed by atoms with E-state index < -0.39 is 5.60 Å². The van der Waals surface area contributed by atoms with E-state index in [4.69, 9.17) is 9.41 Å². The van der Waals surface area contributed by atoms with Crippen molar-refractivity contribution in [1.82, 2.24) is 0 Å². The van der Waals surface area contributed by atoms with Crippen LogP contribution in [0.3, 0.4) is 0 Å². The first kappa shape index (κ1) is 20.2. The lowest BCUT2D eigenvalue weighted by atomic mass is 9.86. The maximum absolute atomic E-state index is 13.4. The molecule has 1 aromatic heterocycles. The van der Waals surface area contributed by atoms with E-state index in [2.05, 4.69) is 67.8 Å². The Hall–Kier alpha value is -0.730. The number of amidine groups is 1. The van der Waals surface area contributed by atoms with Gasteiger partial charge in [0.15, 0.2) is 5.60 Å². The summed E-state index contributed by atoms with van der Waals surface area (Å²) in [5.74, 6) is 0.131. The highest BCUT2D eigenvalue weighted by atomic mass is 127. The molecule has 0 aliphatic carbocycles. The topological polar surface area (TPSA) is 66.0 Å². The summed E-state index contributed by atoms with van der Waals surface area (Å²) in [5, 5.41) is 12.4. The number of hydrogen-bond donors (Lipinski definition) is 1. The third-order valence-corrected chi connectivity index (χ3v) is 7.31. The van der Waals surface area contributed by atoms with Gasteiger partial charge < -0.3 is 14.4 Å². The van der Waals surface area contributed by atoms with Crippen LogP contribution in [0.25, 0.3) is 11.0 Å². The first-order valence-corrected chi connectivity index (χ1v) is 12.2. The molecule has 0 amide bonds. The number of aliphatic hydroxyl groups is 1. The number of fused-ring (bicyclic) bond motifs is 3. The average molecular weight is 724 g/mol. The highest BCUT2D eigenvalue weighted by molar-refractivity contribution is 14.3. The minimum Gasteiger partial charge on any atom is -0.464 e. The Morgan fingerprint density at radius 2 is 2.00 bits per heavy atom. The number of nitrogens with zero attached hydrogens (tertiary/aromatic N) is 2. The monoisotopic (exact) mass is 724 g/mol. The normalized spacial score (nSPS) is 21.3. The molecular weight excluding hydrogens is 709 g/mol. The highest BCUT2D eigenvalue weighted by Gasteiger charge is 2.52. The zero-order valence-corrected chi connectivity index (χ0v) is 21.7. The quantitative estimate of drug-likeness (QED) is 0.260. The minimum atomic E-state index is -1.60. The molecule has 0 radical (unpaired) electrons. The predicted molar refractivity (Wildman–Crippen MR) is 139 cm³/mol. The number of rotatable bonds is 2. The number of alkyl halides is 3. The molecule has 0 saturated carbocycles. The molecule has 0 unspecified atom stereocenters. The molecule has 3 heterocycles. The molecule has 2 aliphatic heterocycles. The van der Waals surface area contributed by atoms with E-state index >= 15 is 0 Å². The third-order valence-electron chi connectivity index (χ3n) is 5.57. The van der Waals surface area contributed by atoms with Crippen molar-refractivity contribution in [2.45, 2.75) is 18.4 Å². The smallest absolute Gasteiger partial charge is 0.204 e. The van der Waals surface area contributed by atoms with Crippen LogP contribution < -0.4 is 4.90 Å². The molecule has 0 bridgehead atoms. The summed E-state index contributed by atoms with van der Waals surface area (Å²) >= 11 is 7.05. The number of furan rings is 1. The molecule has 2 aliphatic rings. The first-order chi connectivity index (χ1) is 13.7. The summed E-state index contributed by atoms with van der Waals surface area (Å²) in [4.78, 5) is 20.1. The second-order valence-electron chi connectivity index (χ2n) is 7.35. The third kappa shape index (κ3) is 3.16. The predicted octanol–water partition coefficient (Wildman–Crippen LogP) is 6.02. The second kappa shape index (κ2) is 6.89. The van der Waals surface area contributed by atoms with Crippen LogP contribution in [0.5, 0.6) is 0 Å². The van der Waals surface area contributed by atoms with Crippen LogP contribution in [0.15, 0.2) is 52.1 Å². The van der Waals surface area contributed by atoms with Gasteiger partial charge in [0.2, 0.25) is 5.78 Å². The van der Waals surface area contributed by atoms with E-state index in [-0.39, 0.29) is 5.22 Å². The number of halogens is 3.